The number of hydrogen-bond acceptors (Lipinski definition) is 6. The van der Waals surface area contributed by atoms with Gasteiger partial charge in [-0.05, 0) is 42.5 Å². The van der Waals surface area contributed by atoms with Gasteiger partial charge in [-0.15, -0.1) is 0 Å². The summed E-state index contributed by atoms with van der Waals surface area (Å²) in [6.07, 6.45) is 1.59. The summed E-state index contributed by atoms with van der Waals surface area (Å²) in [4.78, 5) is 2.14. The van der Waals surface area contributed by atoms with Crippen LogP contribution in [0, 0.1) is 0 Å². The average Bonchev–Trinajstić information content (AvgIpc) is 3.12. The number of thiocarbonyl (C=S) groups is 1. The number of hydrogen-bond donors (Lipinski definition) is 2. The minimum atomic E-state index is 0.390. The molecule has 2 heterocycles. The highest BCUT2D eigenvalue weighted by Crippen LogP contribution is 2.18. The van der Waals surface area contributed by atoms with E-state index in [-0.39, 0.29) is 0 Å². The van der Waals surface area contributed by atoms with Gasteiger partial charge in [-0.25, -0.2) is 0 Å². The number of nitrogens with zero attached hydrogens (tertiary/aromatic N) is 2. The van der Waals surface area contributed by atoms with E-state index in [0.717, 1.165) is 43.6 Å². The Bertz CT molecular complexity index is 724. The summed E-state index contributed by atoms with van der Waals surface area (Å²) in [6, 6.07) is 11.3. The molecule has 1 aromatic heterocycles. The predicted octanol–water partition coefficient (Wildman–Crippen LogP) is 2.45. The molecule has 0 atom stereocenters. The van der Waals surface area contributed by atoms with Crippen LogP contribution in [0.4, 0.5) is 11.6 Å². The van der Waals surface area contributed by atoms with Gasteiger partial charge in [0.15, 0.2) is 11.0 Å². The average molecular weight is 360 g/mol. The molecule has 132 valence electrons. The van der Waals surface area contributed by atoms with Crippen LogP contribution in [-0.2, 0) is 4.74 Å². The van der Waals surface area contributed by atoms with Gasteiger partial charge >= 0.3 is 0 Å². The van der Waals surface area contributed by atoms with E-state index >= 15 is 0 Å². The Morgan fingerprint density at radius 2 is 1.96 bits per heavy atom. The molecule has 1 aliphatic rings. The summed E-state index contributed by atoms with van der Waals surface area (Å²) in [5.74, 6) is 2.27. The fourth-order valence-electron chi connectivity index (χ4n) is 2.35. The van der Waals surface area contributed by atoms with Crippen LogP contribution in [0.1, 0.15) is 5.76 Å². The molecule has 8 heteroatoms. The van der Waals surface area contributed by atoms with Crippen molar-refractivity contribution in [3.8, 4) is 5.75 Å². The van der Waals surface area contributed by atoms with Gasteiger partial charge in [0, 0.05) is 24.8 Å². The molecule has 2 aromatic rings. The molecule has 0 bridgehead atoms. The van der Waals surface area contributed by atoms with E-state index in [1.54, 1.807) is 13.3 Å². The number of furan rings is 1. The van der Waals surface area contributed by atoms with Crippen molar-refractivity contribution in [3.05, 3.63) is 42.2 Å². The summed E-state index contributed by atoms with van der Waals surface area (Å²) >= 11 is 5.20. The van der Waals surface area contributed by atoms with Gasteiger partial charge in [-0.3, -0.25) is 5.43 Å². The monoisotopic (exact) mass is 360 g/mol. The summed E-state index contributed by atoms with van der Waals surface area (Å²) in [5.41, 5.74) is 3.61. The van der Waals surface area contributed by atoms with Crippen LogP contribution in [0.2, 0.25) is 0 Å². The van der Waals surface area contributed by atoms with Crippen LogP contribution in [0.15, 0.2) is 45.9 Å². The second-order valence-electron chi connectivity index (χ2n) is 5.33. The van der Waals surface area contributed by atoms with Crippen molar-refractivity contribution < 1.29 is 13.9 Å². The number of ether oxygens (including phenoxy) is 2. The first-order chi connectivity index (χ1) is 12.2. The zero-order valence-corrected chi connectivity index (χ0v) is 14.7. The molecule has 1 fully saturated rings. The Balaban J connectivity index is 1.48. The van der Waals surface area contributed by atoms with E-state index in [0.29, 0.717) is 10.9 Å². The van der Waals surface area contributed by atoms with Gasteiger partial charge in [0.1, 0.15) is 11.5 Å². The predicted molar refractivity (Wildman–Crippen MR) is 102 cm³/mol. The third kappa shape index (κ3) is 4.94. The first-order valence-electron chi connectivity index (χ1n) is 7.91. The lowest BCUT2D eigenvalue weighted by Crippen LogP contribution is -2.35. The third-order valence-corrected chi connectivity index (χ3v) is 3.83. The smallest absolute Gasteiger partial charge is 0.196 e. The fraction of sp³-hybridized carbons (Fsp3) is 0.294. The normalized spacial score (nSPS) is 14.5. The second-order valence-corrected chi connectivity index (χ2v) is 5.74. The lowest BCUT2D eigenvalue weighted by molar-refractivity contribution is 0.120. The highest BCUT2D eigenvalue weighted by atomic mass is 32.1. The summed E-state index contributed by atoms with van der Waals surface area (Å²) in [5, 5.41) is 7.51. The maximum atomic E-state index is 5.75. The number of anilines is 2. The fourth-order valence-corrected chi connectivity index (χ4v) is 2.52. The summed E-state index contributed by atoms with van der Waals surface area (Å²) < 4.78 is 16.2. The Morgan fingerprint density at radius 1 is 1.20 bits per heavy atom. The van der Waals surface area contributed by atoms with Crippen molar-refractivity contribution in [1.29, 1.82) is 0 Å². The molecule has 0 spiro atoms. The minimum absolute atomic E-state index is 0.390. The molecule has 1 aromatic carbocycles. The third-order valence-electron chi connectivity index (χ3n) is 3.64. The Morgan fingerprint density at radius 3 is 2.68 bits per heavy atom. The quantitative estimate of drug-likeness (QED) is 0.482. The molecule has 1 aliphatic heterocycles. The molecule has 0 amide bonds. The molecule has 7 nitrogen and oxygen atoms in total. The summed E-state index contributed by atoms with van der Waals surface area (Å²) in [6.45, 7) is 3.10. The number of rotatable bonds is 5. The summed E-state index contributed by atoms with van der Waals surface area (Å²) in [7, 11) is 1.63. The zero-order valence-electron chi connectivity index (χ0n) is 13.9. The van der Waals surface area contributed by atoms with E-state index in [9.17, 15) is 0 Å². The van der Waals surface area contributed by atoms with Gasteiger partial charge in [0.25, 0.3) is 0 Å². The van der Waals surface area contributed by atoms with Crippen molar-refractivity contribution in [3.63, 3.8) is 0 Å². The minimum Gasteiger partial charge on any atom is -0.497 e. The largest absolute Gasteiger partial charge is 0.497 e. The SMILES string of the molecule is COc1ccc(NC(=S)N/N=C/c2ccc(N3CCOCC3)o2)cc1. The number of nitrogens with one attached hydrogen (secondary N) is 2. The number of hydrazone groups is 1. The standard InChI is InChI=1S/C17H20N4O3S/c1-22-14-4-2-13(3-5-14)19-17(25)20-18-12-15-6-7-16(24-15)21-8-10-23-11-9-21/h2-7,12H,8-11H2,1H3,(H2,19,20,25)/b18-12+. The van der Waals surface area contributed by atoms with Crippen LogP contribution in [0.5, 0.6) is 5.75 Å². The molecule has 25 heavy (non-hydrogen) atoms. The molecular formula is C17H20N4O3S. The second kappa shape index (κ2) is 8.50. The van der Waals surface area contributed by atoms with Gasteiger partial charge in [0.05, 0.1) is 26.5 Å². The molecule has 2 N–H and O–H groups in total. The van der Waals surface area contributed by atoms with Crippen LogP contribution in [0.25, 0.3) is 0 Å². The van der Waals surface area contributed by atoms with E-state index in [1.807, 2.05) is 36.4 Å². The lowest BCUT2D eigenvalue weighted by atomic mass is 10.3. The van der Waals surface area contributed by atoms with E-state index in [2.05, 4.69) is 20.7 Å². The van der Waals surface area contributed by atoms with Crippen molar-refractivity contribution in [1.82, 2.24) is 5.43 Å². The van der Waals surface area contributed by atoms with E-state index in [4.69, 9.17) is 26.1 Å². The first kappa shape index (κ1) is 17.2. The first-order valence-corrected chi connectivity index (χ1v) is 8.32. The topological polar surface area (TPSA) is 71.3 Å². The molecule has 3 rings (SSSR count). The number of morpholine rings is 1. The molecular weight excluding hydrogens is 340 g/mol. The highest BCUT2D eigenvalue weighted by Gasteiger charge is 2.14. The molecule has 1 saturated heterocycles. The van der Waals surface area contributed by atoms with Gasteiger partial charge in [-0.1, -0.05) is 0 Å². The van der Waals surface area contributed by atoms with Crippen molar-refractivity contribution in [2.24, 2.45) is 5.10 Å². The Labute approximate surface area is 151 Å². The Kier molecular flexibility index (Phi) is 5.86. The van der Waals surface area contributed by atoms with Gasteiger partial charge in [0.2, 0.25) is 0 Å². The van der Waals surface area contributed by atoms with Crippen molar-refractivity contribution in [2.45, 2.75) is 0 Å². The van der Waals surface area contributed by atoms with Crippen LogP contribution < -0.4 is 20.4 Å². The van der Waals surface area contributed by atoms with Crippen molar-refractivity contribution in [2.75, 3.05) is 43.6 Å². The lowest BCUT2D eigenvalue weighted by Gasteiger charge is -2.26. The number of methoxy groups -OCH3 is 1. The van der Waals surface area contributed by atoms with Crippen LogP contribution in [0.3, 0.4) is 0 Å². The molecule has 0 aliphatic carbocycles. The Hall–Kier alpha value is -2.58. The van der Waals surface area contributed by atoms with Crippen LogP contribution >= 0.6 is 12.2 Å². The zero-order chi connectivity index (χ0) is 17.5. The molecule has 0 radical (unpaired) electrons. The van der Waals surface area contributed by atoms with Gasteiger partial charge in [-0.2, -0.15) is 5.10 Å². The van der Waals surface area contributed by atoms with Crippen molar-refractivity contribution >= 4 is 35.1 Å². The van der Waals surface area contributed by atoms with E-state index in [1.165, 1.54) is 0 Å². The molecule has 0 unspecified atom stereocenters. The highest BCUT2D eigenvalue weighted by molar-refractivity contribution is 7.80. The maximum absolute atomic E-state index is 5.75. The molecule has 0 saturated carbocycles. The number of benzene rings is 1. The van der Waals surface area contributed by atoms with Crippen LogP contribution in [-0.4, -0.2) is 44.7 Å². The van der Waals surface area contributed by atoms with Gasteiger partial charge < -0.3 is 24.1 Å². The maximum Gasteiger partial charge on any atom is 0.196 e. The van der Waals surface area contributed by atoms with E-state index < -0.39 is 0 Å².